The van der Waals surface area contributed by atoms with Crippen LogP contribution in [0, 0.1) is 0 Å². The van der Waals surface area contributed by atoms with Crippen LogP contribution in [0.3, 0.4) is 0 Å². The highest BCUT2D eigenvalue weighted by Crippen LogP contribution is 2.26. The minimum Gasteiger partial charge on any atom is -0.380 e. The zero-order valence-electron chi connectivity index (χ0n) is 7.40. The number of nitrogens with zero attached hydrogens (tertiary/aromatic N) is 1. The lowest BCUT2D eigenvalue weighted by molar-refractivity contribution is 0.460. The summed E-state index contributed by atoms with van der Waals surface area (Å²) in [6.07, 6.45) is 0. The van der Waals surface area contributed by atoms with Gasteiger partial charge in [-0.3, -0.25) is 0 Å². The summed E-state index contributed by atoms with van der Waals surface area (Å²) < 4.78 is 5.08. The molecule has 0 spiro atoms. The molecular formula is C11H8N2O. The third-order valence-electron chi connectivity index (χ3n) is 2.37. The second-order valence-electron chi connectivity index (χ2n) is 3.26. The van der Waals surface area contributed by atoms with E-state index in [-0.39, 0.29) is 0 Å². The third kappa shape index (κ3) is 0.893. The molecular weight excluding hydrogens is 176 g/mol. The SMILES string of the molecule is Nc1noc2cc3ccccc3cc12. The number of aromatic nitrogens is 1. The Bertz CT molecular complexity index is 613. The lowest BCUT2D eigenvalue weighted by Crippen LogP contribution is -1.83. The van der Waals surface area contributed by atoms with E-state index < -0.39 is 0 Å². The first-order valence-corrected chi connectivity index (χ1v) is 4.38. The Kier molecular flexibility index (Phi) is 1.31. The summed E-state index contributed by atoms with van der Waals surface area (Å²) in [7, 11) is 0. The molecule has 2 N–H and O–H groups in total. The lowest BCUT2D eigenvalue weighted by atomic mass is 10.1. The largest absolute Gasteiger partial charge is 0.380 e. The molecule has 68 valence electrons. The zero-order valence-corrected chi connectivity index (χ0v) is 7.40. The van der Waals surface area contributed by atoms with Crippen molar-refractivity contribution in [3.05, 3.63) is 36.4 Å². The summed E-state index contributed by atoms with van der Waals surface area (Å²) in [6.45, 7) is 0. The predicted octanol–water partition coefficient (Wildman–Crippen LogP) is 2.56. The molecule has 3 heteroatoms. The molecule has 3 rings (SSSR count). The zero-order chi connectivity index (χ0) is 9.54. The van der Waals surface area contributed by atoms with E-state index in [0.717, 1.165) is 21.7 Å². The molecule has 0 bridgehead atoms. The van der Waals surface area contributed by atoms with Crippen molar-refractivity contribution in [2.45, 2.75) is 0 Å². The van der Waals surface area contributed by atoms with Gasteiger partial charge in [0, 0.05) is 0 Å². The van der Waals surface area contributed by atoms with E-state index in [4.69, 9.17) is 10.3 Å². The molecule has 1 aromatic heterocycles. The first kappa shape index (κ1) is 7.38. The number of nitrogens with two attached hydrogens (primary N) is 1. The number of hydrogen-bond donors (Lipinski definition) is 1. The van der Waals surface area contributed by atoms with Crippen LogP contribution in [0.2, 0.25) is 0 Å². The minimum atomic E-state index is 0.450. The number of fused-ring (bicyclic) bond motifs is 2. The molecule has 0 unspecified atom stereocenters. The summed E-state index contributed by atoms with van der Waals surface area (Å²) in [6, 6.07) is 12.0. The molecule has 2 aromatic carbocycles. The van der Waals surface area contributed by atoms with Gasteiger partial charge in [-0.15, -0.1) is 0 Å². The highest BCUT2D eigenvalue weighted by Gasteiger charge is 2.05. The second kappa shape index (κ2) is 2.48. The van der Waals surface area contributed by atoms with Crippen LogP contribution in [0.1, 0.15) is 0 Å². The molecule has 0 radical (unpaired) electrons. The summed E-state index contributed by atoms with van der Waals surface area (Å²) in [5.41, 5.74) is 6.40. The van der Waals surface area contributed by atoms with Crippen molar-refractivity contribution in [3.8, 4) is 0 Å². The number of anilines is 1. The van der Waals surface area contributed by atoms with Gasteiger partial charge < -0.3 is 10.3 Å². The van der Waals surface area contributed by atoms with Gasteiger partial charge in [0.1, 0.15) is 0 Å². The summed E-state index contributed by atoms with van der Waals surface area (Å²) in [5, 5.41) is 6.88. The Morgan fingerprint density at radius 3 is 2.57 bits per heavy atom. The fourth-order valence-corrected chi connectivity index (χ4v) is 1.64. The van der Waals surface area contributed by atoms with E-state index in [1.54, 1.807) is 0 Å². The van der Waals surface area contributed by atoms with E-state index >= 15 is 0 Å². The van der Waals surface area contributed by atoms with E-state index in [1.165, 1.54) is 0 Å². The Balaban J connectivity index is 2.54. The molecule has 3 aromatic rings. The fraction of sp³-hybridized carbons (Fsp3) is 0. The van der Waals surface area contributed by atoms with Crippen LogP contribution in [0.5, 0.6) is 0 Å². The van der Waals surface area contributed by atoms with E-state index in [0.29, 0.717) is 5.82 Å². The molecule has 3 nitrogen and oxygen atoms in total. The van der Waals surface area contributed by atoms with Gasteiger partial charge in [-0.1, -0.05) is 29.4 Å². The van der Waals surface area contributed by atoms with Crippen LogP contribution in [-0.4, -0.2) is 5.16 Å². The molecule has 0 saturated carbocycles. The fourth-order valence-electron chi connectivity index (χ4n) is 1.64. The van der Waals surface area contributed by atoms with E-state index in [1.807, 2.05) is 36.4 Å². The van der Waals surface area contributed by atoms with Gasteiger partial charge in [-0.2, -0.15) is 0 Å². The third-order valence-corrected chi connectivity index (χ3v) is 2.37. The van der Waals surface area contributed by atoms with E-state index in [9.17, 15) is 0 Å². The van der Waals surface area contributed by atoms with Gasteiger partial charge in [-0.25, -0.2) is 0 Å². The van der Waals surface area contributed by atoms with Crippen molar-refractivity contribution in [2.24, 2.45) is 0 Å². The van der Waals surface area contributed by atoms with Gasteiger partial charge in [0.15, 0.2) is 11.4 Å². The maximum atomic E-state index is 5.66. The summed E-state index contributed by atoms with van der Waals surface area (Å²) >= 11 is 0. The molecule has 14 heavy (non-hydrogen) atoms. The predicted molar refractivity (Wildman–Crippen MR) is 55.9 cm³/mol. The number of benzene rings is 2. The van der Waals surface area contributed by atoms with Crippen LogP contribution < -0.4 is 5.73 Å². The smallest absolute Gasteiger partial charge is 0.174 e. The standard InChI is InChI=1S/C11H8N2O/c12-11-9-5-7-3-1-2-4-8(7)6-10(9)14-13-11/h1-6H,(H2,12,13). The first-order valence-electron chi connectivity index (χ1n) is 4.38. The topological polar surface area (TPSA) is 52.0 Å². The Morgan fingerprint density at radius 1 is 1.07 bits per heavy atom. The van der Waals surface area contributed by atoms with Crippen LogP contribution >= 0.6 is 0 Å². The van der Waals surface area contributed by atoms with Crippen LogP contribution in [-0.2, 0) is 0 Å². The molecule has 0 fully saturated rings. The maximum absolute atomic E-state index is 5.66. The lowest BCUT2D eigenvalue weighted by Gasteiger charge is -1.95. The van der Waals surface area contributed by atoms with Crippen LogP contribution in [0.4, 0.5) is 5.82 Å². The van der Waals surface area contributed by atoms with Gasteiger partial charge in [0.05, 0.1) is 5.39 Å². The monoisotopic (exact) mass is 184 g/mol. The molecule has 1 heterocycles. The molecule has 0 saturated heterocycles. The highest BCUT2D eigenvalue weighted by atomic mass is 16.5. The molecule has 0 aliphatic carbocycles. The molecule has 0 aliphatic heterocycles. The van der Waals surface area contributed by atoms with Gasteiger partial charge in [0.25, 0.3) is 0 Å². The number of hydrogen-bond acceptors (Lipinski definition) is 3. The van der Waals surface area contributed by atoms with Crippen LogP contribution in [0.25, 0.3) is 21.7 Å². The van der Waals surface area contributed by atoms with Crippen molar-refractivity contribution < 1.29 is 4.52 Å². The Morgan fingerprint density at radius 2 is 1.79 bits per heavy atom. The van der Waals surface area contributed by atoms with Gasteiger partial charge in [-0.05, 0) is 22.9 Å². The Labute approximate surface area is 80.1 Å². The average molecular weight is 184 g/mol. The highest BCUT2D eigenvalue weighted by molar-refractivity contribution is 5.99. The van der Waals surface area contributed by atoms with Gasteiger partial charge in [0.2, 0.25) is 0 Å². The van der Waals surface area contributed by atoms with Gasteiger partial charge >= 0.3 is 0 Å². The first-order chi connectivity index (χ1) is 6.84. The number of rotatable bonds is 0. The molecule has 0 atom stereocenters. The quantitative estimate of drug-likeness (QED) is 0.584. The molecule has 0 amide bonds. The normalized spacial score (nSPS) is 11.1. The van der Waals surface area contributed by atoms with Crippen molar-refractivity contribution in [1.82, 2.24) is 5.16 Å². The Hall–Kier alpha value is -2.03. The average Bonchev–Trinajstić information content (AvgIpc) is 2.57. The van der Waals surface area contributed by atoms with E-state index in [2.05, 4.69) is 5.16 Å². The number of nitrogen functional groups attached to an aromatic ring is 1. The van der Waals surface area contributed by atoms with Crippen LogP contribution in [0.15, 0.2) is 40.9 Å². The molecule has 0 aliphatic rings. The second-order valence-corrected chi connectivity index (χ2v) is 3.26. The van der Waals surface area contributed by atoms with Crippen molar-refractivity contribution in [2.75, 3.05) is 5.73 Å². The van der Waals surface area contributed by atoms with Crippen molar-refractivity contribution in [1.29, 1.82) is 0 Å². The minimum absolute atomic E-state index is 0.450. The van der Waals surface area contributed by atoms with Crippen molar-refractivity contribution >= 4 is 27.6 Å². The summed E-state index contributed by atoms with van der Waals surface area (Å²) in [5.74, 6) is 0.450. The van der Waals surface area contributed by atoms with Crippen molar-refractivity contribution in [3.63, 3.8) is 0 Å². The maximum Gasteiger partial charge on any atom is 0.174 e. The summed E-state index contributed by atoms with van der Waals surface area (Å²) in [4.78, 5) is 0.